The molecule has 1 N–H and O–H groups in total. The van der Waals surface area contributed by atoms with Gasteiger partial charge in [0.2, 0.25) is 6.35 Å². The van der Waals surface area contributed by atoms with E-state index in [9.17, 15) is 17.5 Å². The largest absolute Gasteiger partial charge is 0.771 e. The molecule has 13 heteroatoms. The predicted octanol–water partition coefficient (Wildman–Crippen LogP) is 2.02. The molecule has 2 aromatic heterocycles. The van der Waals surface area contributed by atoms with Gasteiger partial charge in [-0.2, -0.15) is 5.10 Å². The molecule has 4 atom stereocenters. The van der Waals surface area contributed by atoms with E-state index in [0.29, 0.717) is 22.5 Å². The molecule has 0 bridgehead atoms. The van der Waals surface area contributed by atoms with Crippen LogP contribution in [0.3, 0.4) is 0 Å². The highest BCUT2D eigenvalue weighted by atomic mass is 32.2. The van der Waals surface area contributed by atoms with E-state index in [4.69, 9.17) is 4.18 Å². The molecule has 0 aliphatic heterocycles. The van der Waals surface area contributed by atoms with Crippen molar-refractivity contribution in [3.05, 3.63) is 78.2 Å². The molecule has 2 aromatic carbocycles. The Bertz CT molecular complexity index is 1390. The summed E-state index contributed by atoms with van der Waals surface area (Å²) in [6, 6.07) is 17.0. The zero-order valence-electron chi connectivity index (χ0n) is 18.2. The molecule has 4 aromatic rings. The van der Waals surface area contributed by atoms with E-state index in [1.165, 1.54) is 22.4 Å². The van der Waals surface area contributed by atoms with Gasteiger partial charge in [-0.3, -0.25) is 18.6 Å². The van der Waals surface area contributed by atoms with Crippen LogP contribution in [0.15, 0.2) is 67.1 Å². The summed E-state index contributed by atoms with van der Waals surface area (Å²) in [5.74, 6) is -0.240. The normalized spacial score (nSPS) is 17.7. The predicted molar refractivity (Wildman–Crippen MR) is 128 cm³/mol. The van der Waals surface area contributed by atoms with Gasteiger partial charge in [0.05, 0.1) is 34.9 Å². The van der Waals surface area contributed by atoms with Crippen molar-refractivity contribution in [3.63, 3.8) is 0 Å². The van der Waals surface area contributed by atoms with Gasteiger partial charge in [0, 0.05) is 5.69 Å². The molecule has 11 nitrogen and oxygen atoms in total. The second-order valence-electron chi connectivity index (χ2n) is 7.79. The van der Waals surface area contributed by atoms with E-state index in [2.05, 4.69) is 32.5 Å². The van der Waals surface area contributed by atoms with Crippen LogP contribution in [-0.4, -0.2) is 49.5 Å². The first-order valence-corrected chi connectivity index (χ1v) is 12.9. The van der Waals surface area contributed by atoms with Gasteiger partial charge in [0.1, 0.15) is 6.33 Å². The first-order valence-electron chi connectivity index (χ1n) is 10.7. The first-order chi connectivity index (χ1) is 17.0. The average Bonchev–Trinajstić information content (AvgIpc) is 3.47. The van der Waals surface area contributed by atoms with E-state index in [1.54, 1.807) is 36.5 Å². The smallest absolute Gasteiger partial charge is 0.207 e. The molecule has 35 heavy (non-hydrogen) atoms. The first kappa shape index (κ1) is 23.7. The summed E-state index contributed by atoms with van der Waals surface area (Å²) in [4.78, 5) is 10.3. The maximum atomic E-state index is 11.5. The number of aryl methyl sites for hydroxylation is 1. The fourth-order valence-corrected chi connectivity index (χ4v) is 4.98. The molecule has 0 saturated carbocycles. The van der Waals surface area contributed by atoms with Gasteiger partial charge in [0.25, 0.3) is 0 Å². The van der Waals surface area contributed by atoms with Crippen LogP contribution in [0, 0.1) is 0 Å². The Balaban J connectivity index is 1.62. The third-order valence-corrected chi connectivity index (χ3v) is 6.55. The number of aromatic nitrogens is 4. The van der Waals surface area contributed by atoms with Gasteiger partial charge in [-0.1, -0.05) is 42.5 Å². The number of para-hydroxylation sites is 1. The number of anilines is 2. The molecule has 0 spiro atoms. The Hall–Kier alpha value is -3.07. The Morgan fingerprint density at radius 2 is 1.89 bits per heavy atom. The van der Waals surface area contributed by atoms with Crippen LogP contribution >= 0.6 is 0 Å². The van der Waals surface area contributed by atoms with Crippen molar-refractivity contribution in [1.82, 2.24) is 25.1 Å². The summed E-state index contributed by atoms with van der Waals surface area (Å²) < 4.78 is 52.3. The van der Waals surface area contributed by atoms with Crippen molar-refractivity contribution in [3.8, 4) is 0 Å². The summed E-state index contributed by atoms with van der Waals surface area (Å²) in [6.45, 7) is 0. The van der Waals surface area contributed by atoms with Crippen LogP contribution < -0.4 is 10.2 Å². The Morgan fingerprint density at radius 3 is 2.66 bits per heavy atom. The lowest BCUT2D eigenvalue weighted by molar-refractivity contribution is 0.176. The van der Waals surface area contributed by atoms with Crippen molar-refractivity contribution < 1.29 is 21.7 Å². The third-order valence-electron chi connectivity index (χ3n) is 5.81. The van der Waals surface area contributed by atoms with Gasteiger partial charge in [-0.05, 0) is 47.2 Å². The highest BCUT2D eigenvalue weighted by Gasteiger charge is 2.29. The van der Waals surface area contributed by atoms with Crippen molar-refractivity contribution in [2.45, 2.75) is 25.2 Å². The SMILES string of the molecule is O=S([O-])CNC(OS(=O)[O-])N(c1ccccc1)c1ncnc2c1cnn2C1CCc2ccccc21. The van der Waals surface area contributed by atoms with E-state index in [1.807, 2.05) is 16.8 Å². The quantitative estimate of drug-likeness (QED) is 0.261. The lowest BCUT2D eigenvalue weighted by atomic mass is 10.1. The lowest BCUT2D eigenvalue weighted by Gasteiger charge is -2.33. The minimum absolute atomic E-state index is 0.00109. The number of hydrogen-bond donors (Lipinski definition) is 1. The number of fused-ring (bicyclic) bond motifs is 2. The Kier molecular flexibility index (Phi) is 6.95. The maximum absolute atomic E-state index is 11.5. The standard InChI is InChI=1S/C22H22N6O5S2/c29-34(30)14-25-22(33-35(31)32)27(16-7-2-1-3-8-16)20-18-12-26-28(21(18)24-13-23-20)19-11-10-15-6-4-5-9-17(15)19/h1-9,12-13,19,22,25H,10-11,14H2,(H,29,30)(H,31,32)/p-2. The second kappa shape index (κ2) is 10.3. The molecule has 5 rings (SSSR count). The average molecular weight is 513 g/mol. The lowest BCUT2D eigenvalue weighted by Crippen LogP contribution is -2.47. The van der Waals surface area contributed by atoms with E-state index in [0.717, 1.165) is 12.8 Å². The summed E-state index contributed by atoms with van der Waals surface area (Å²) in [5.41, 5.74) is 3.53. The van der Waals surface area contributed by atoms with Crippen LogP contribution in [0.25, 0.3) is 11.0 Å². The summed E-state index contributed by atoms with van der Waals surface area (Å²) >= 11 is -5.45. The Morgan fingerprint density at radius 1 is 1.11 bits per heavy atom. The zero-order chi connectivity index (χ0) is 24.4. The molecular weight excluding hydrogens is 492 g/mol. The van der Waals surface area contributed by atoms with E-state index >= 15 is 0 Å². The van der Waals surface area contributed by atoms with Crippen molar-refractivity contribution in [2.24, 2.45) is 0 Å². The zero-order valence-corrected chi connectivity index (χ0v) is 19.9. The minimum atomic E-state index is -2.95. The highest BCUT2D eigenvalue weighted by molar-refractivity contribution is 7.79. The van der Waals surface area contributed by atoms with Crippen molar-refractivity contribution in [2.75, 3.05) is 10.8 Å². The van der Waals surface area contributed by atoms with Gasteiger partial charge < -0.3 is 9.11 Å². The van der Waals surface area contributed by atoms with Crippen LogP contribution in [0.5, 0.6) is 0 Å². The monoisotopic (exact) mass is 512 g/mol. The molecule has 4 unspecified atom stereocenters. The van der Waals surface area contributed by atoms with Crippen LogP contribution in [0.1, 0.15) is 23.6 Å². The number of rotatable bonds is 9. The summed E-state index contributed by atoms with van der Waals surface area (Å²) in [5, 5.41) is 7.76. The van der Waals surface area contributed by atoms with Gasteiger partial charge in [-0.25, -0.2) is 18.9 Å². The highest BCUT2D eigenvalue weighted by Crippen LogP contribution is 2.37. The molecule has 0 amide bonds. The third kappa shape index (κ3) is 4.87. The summed E-state index contributed by atoms with van der Waals surface area (Å²) in [6.07, 6.45) is 3.39. The molecule has 0 fully saturated rings. The van der Waals surface area contributed by atoms with Crippen molar-refractivity contribution >= 4 is 45.0 Å². The number of hydrogen-bond acceptors (Lipinski definition) is 10. The topological polar surface area (TPSA) is 148 Å². The molecule has 0 radical (unpaired) electrons. The molecular formula is C22H20N6O5S2-2. The molecule has 0 saturated heterocycles. The second-order valence-corrected chi connectivity index (χ2v) is 9.28. The molecule has 1 aliphatic rings. The minimum Gasteiger partial charge on any atom is -0.771 e. The van der Waals surface area contributed by atoms with Gasteiger partial charge >= 0.3 is 0 Å². The van der Waals surface area contributed by atoms with Gasteiger partial charge in [-0.15, -0.1) is 0 Å². The van der Waals surface area contributed by atoms with Gasteiger partial charge in [0.15, 0.2) is 11.5 Å². The number of benzene rings is 2. The fourth-order valence-electron chi connectivity index (χ4n) is 4.40. The van der Waals surface area contributed by atoms with Crippen LogP contribution in [0.2, 0.25) is 0 Å². The Labute approximate surface area is 205 Å². The van der Waals surface area contributed by atoms with Crippen molar-refractivity contribution in [1.29, 1.82) is 0 Å². The summed E-state index contributed by atoms with van der Waals surface area (Å²) in [7, 11) is 0. The van der Waals surface area contributed by atoms with E-state index in [-0.39, 0.29) is 6.04 Å². The molecule has 1 aliphatic carbocycles. The maximum Gasteiger partial charge on any atom is 0.207 e. The molecule has 182 valence electrons. The van der Waals surface area contributed by atoms with Crippen LogP contribution in [-0.2, 0) is 33.0 Å². The fraction of sp³-hybridized carbons (Fsp3) is 0.227. The number of nitrogens with one attached hydrogen (secondary N) is 1. The van der Waals surface area contributed by atoms with E-state index < -0.39 is 34.7 Å². The number of nitrogens with zero attached hydrogens (tertiary/aromatic N) is 5. The van der Waals surface area contributed by atoms with Crippen LogP contribution in [0.4, 0.5) is 11.5 Å². The molecule has 2 heterocycles.